The van der Waals surface area contributed by atoms with Gasteiger partial charge in [0.1, 0.15) is 6.04 Å². The minimum atomic E-state index is -0.601. The summed E-state index contributed by atoms with van der Waals surface area (Å²) in [6.07, 6.45) is 0. The minimum Gasteiger partial charge on any atom is -0.408 e. The number of hydrogen-bond donors (Lipinski definition) is 0. The number of nitrogens with zero attached hydrogens (tertiary/aromatic N) is 3. The van der Waals surface area contributed by atoms with E-state index >= 15 is 0 Å². The number of aromatic nitrogens is 1. The topological polar surface area (TPSA) is 58.7 Å². The van der Waals surface area contributed by atoms with Gasteiger partial charge in [0.2, 0.25) is 5.91 Å². The molecule has 1 atom stereocenters. The van der Waals surface area contributed by atoms with Crippen LogP contribution in [0.1, 0.15) is 18.5 Å². The third kappa shape index (κ3) is 3.70. The van der Waals surface area contributed by atoms with Crippen LogP contribution in [0.5, 0.6) is 0 Å². The highest BCUT2D eigenvalue weighted by molar-refractivity contribution is 6.30. The summed E-state index contributed by atoms with van der Waals surface area (Å²) in [5.41, 5.74) is 2.31. The Bertz CT molecular complexity index is 1050. The van der Waals surface area contributed by atoms with Crippen LogP contribution < -0.4 is 5.76 Å². The van der Waals surface area contributed by atoms with Crippen molar-refractivity contribution in [3.63, 3.8) is 0 Å². The summed E-state index contributed by atoms with van der Waals surface area (Å²) in [6, 6.07) is 14.4. The first-order chi connectivity index (χ1) is 13.5. The normalized spacial score (nSPS) is 16.4. The molecule has 4 rings (SSSR count). The van der Waals surface area contributed by atoms with E-state index in [4.69, 9.17) is 16.0 Å². The lowest BCUT2D eigenvalue weighted by Crippen LogP contribution is -2.50. The van der Waals surface area contributed by atoms with E-state index in [1.165, 1.54) is 4.57 Å². The molecule has 2 aromatic carbocycles. The second kappa shape index (κ2) is 7.81. The second-order valence-corrected chi connectivity index (χ2v) is 7.55. The van der Waals surface area contributed by atoms with Crippen LogP contribution in [-0.4, -0.2) is 46.5 Å². The quantitative estimate of drug-likeness (QED) is 0.676. The van der Waals surface area contributed by atoms with Crippen molar-refractivity contribution in [1.29, 1.82) is 0 Å². The zero-order chi connectivity index (χ0) is 19.7. The lowest BCUT2D eigenvalue weighted by molar-refractivity contribution is -0.136. The van der Waals surface area contributed by atoms with Crippen molar-refractivity contribution < 1.29 is 9.21 Å². The Balaban J connectivity index is 1.42. The highest BCUT2D eigenvalue weighted by Gasteiger charge is 2.28. The molecule has 0 spiro atoms. The van der Waals surface area contributed by atoms with E-state index in [9.17, 15) is 9.59 Å². The van der Waals surface area contributed by atoms with Gasteiger partial charge in [0.15, 0.2) is 5.58 Å². The largest absolute Gasteiger partial charge is 0.420 e. The molecular formula is C21H22ClN3O3. The first kappa shape index (κ1) is 18.8. The molecule has 2 heterocycles. The van der Waals surface area contributed by atoms with Gasteiger partial charge in [-0.2, -0.15) is 0 Å². The molecule has 0 aliphatic carbocycles. The molecule has 0 N–H and O–H groups in total. The van der Waals surface area contributed by atoms with E-state index in [0.717, 1.165) is 30.2 Å². The summed E-state index contributed by atoms with van der Waals surface area (Å²) in [6.45, 7) is 5.40. The minimum absolute atomic E-state index is 0.0592. The average Bonchev–Trinajstić information content (AvgIpc) is 3.03. The van der Waals surface area contributed by atoms with Crippen molar-refractivity contribution in [2.75, 3.05) is 26.2 Å². The number of hydrogen-bond acceptors (Lipinski definition) is 4. The van der Waals surface area contributed by atoms with Crippen LogP contribution in [-0.2, 0) is 11.3 Å². The summed E-state index contributed by atoms with van der Waals surface area (Å²) in [4.78, 5) is 29.4. The van der Waals surface area contributed by atoms with Crippen LogP contribution in [0.3, 0.4) is 0 Å². The van der Waals surface area contributed by atoms with Crippen LogP contribution in [0.25, 0.3) is 11.1 Å². The molecule has 1 aromatic heterocycles. The summed E-state index contributed by atoms with van der Waals surface area (Å²) >= 11 is 6.06. The molecule has 7 heteroatoms. The lowest BCUT2D eigenvalue weighted by atomic mass is 10.2. The van der Waals surface area contributed by atoms with Gasteiger partial charge in [-0.05, 0) is 36.8 Å². The Morgan fingerprint density at radius 3 is 2.61 bits per heavy atom. The van der Waals surface area contributed by atoms with Gasteiger partial charge in [0, 0.05) is 37.7 Å². The molecule has 28 heavy (non-hydrogen) atoms. The van der Waals surface area contributed by atoms with Crippen molar-refractivity contribution in [2.24, 2.45) is 0 Å². The number of carbonyl (C=O) groups excluding carboxylic acids is 1. The third-order valence-electron chi connectivity index (χ3n) is 5.24. The lowest BCUT2D eigenvalue weighted by Gasteiger charge is -2.36. The molecule has 1 aliphatic rings. The Hall–Kier alpha value is -2.57. The molecule has 1 amide bonds. The molecule has 146 valence electrons. The molecule has 0 bridgehead atoms. The van der Waals surface area contributed by atoms with Gasteiger partial charge in [-0.3, -0.25) is 14.3 Å². The zero-order valence-electron chi connectivity index (χ0n) is 15.7. The number of fused-ring (bicyclic) bond motifs is 1. The number of halogens is 1. The molecule has 0 radical (unpaired) electrons. The number of carbonyl (C=O) groups is 1. The van der Waals surface area contributed by atoms with Crippen LogP contribution in [0.4, 0.5) is 0 Å². The number of para-hydroxylation sites is 2. The van der Waals surface area contributed by atoms with Crippen molar-refractivity contribution in [3.8, 4) is 0 Å². The zero-order valence-corrected chi connectivity index (χ0v) is 16.4. The Morgan fingerprint density at radius 1 is 1.11 bits per heavy atom. The fourth-order valence-corrected chi connectivity index (χ4v) is 3.96. The fourth-order valence-electron chi connectivity index (χ4n) is 3.75. The second-order valence-electron chi connectivity index (χ2n) is 7.11. The van der Waals surface area contributed by atoms with E-state index < -0.39 is 11.8 Å². The molecule has 6 nitrogen and oxygen atoms in total. The van der Waals surface area contributed by atoms with Gasteiger partial charge in [0.05, 0.1) is 5.52 Å². The number of oxazole rings is 1. The fraction of sp³-hybridized carbons (Fsp3) is 0.333. The van der Waals surface area contributed by atoms with Crippen molar-refractivity contribution in [1.82, 2.24) is 14.4 Å². The van der Waals surface area contributed by atoms with Gasteiger partial charge in [-0.1, -0.05) is 35.9 Å². The van der Waals surface area contributed by atoms with Gasteiger partial charge in [-0.15, -0.1) is 0 Å². The summed E-state index contributed by atoms with van der Waals surface area (Å²) in [5, 5.41) is 0.734. The molecule has 3 aromatic rings. The first-order valence-corrected chi connectivity index (χ1v) is 9.76. The van der Waals surface area contributed by atoms with Gasteiger partial charge >= 0.3 is 5.76 Å². The smallest absolute Gasteiger partial charge is 0.408 e. The molecule has 0 saturated carbocycles. The van der Waals surface area contributed by atoms with Crippen LogP contribution in [0.2, 0.25) is 5.02 Å². The van der Waals surface area contributed by atoms with Crippen molar-refractivity contribution in [2.45, 2.75) is 19.5 Å². The predicted octanol–water partition coefficient (Wildman–Crippen LogP) is 3.15. The molecular weight excluding hydrogens is 378 g/mol. The van der Waals surface area contributed by atoms with Gasteiger partial charge < -0.3 is 9.32 Å². The van der Waals surface area contributed by atoms with E-state index in [0.29, 0.717) is 24.2 Å². The number of benzene rings is 2. The van der Waals surface area contributed by atoms with E-state index in [2.05, 4.69) is 11.0 Å². The summed E-state index contributed by atoms with van der Waals surface area (Å²) in [5.74, 6) is -0.558. The van der Waals surface area contributed by atoms with Crippen molar-refractivity contribution in [3.05, 3.63) is 69.7 Å². The Kier molecular flexibility index (Phi) is 5.24. The molecule has 1 unspecified atom stereocenters. The number of amides is 1. The number of rotatable bonds is 4. The highest BCUT2D eigenvalue weighted by Crippen LogP contribution is 2.19. The van der Waals surface area contributed by atoms with Crippen LogP contribution >= 0.6 is 11.6 Å². The van der Waals surface area contributed by atoms with Gasteiger partial charge in [-0.25, -0.2) is 4.79 Å². The van der Waals surface area contributed by atoms with E-state index in [1.807, 2.05) is 29.2 Å². The van der Waals surface area contributed by atoms with Crippen molar-refractivity contribution >= 4 is 28.6 Å². The maximum absolute atomic E-state index is 13.0. The van der Waals surface area contributed by atoms with Gasteiger partial charge in [0.25, 0.3) is 0 Å². The monoisotopic (exact) mass is 399 g/mol. The van der Waals surface area contributed by atoms with Crippen LogP contribution in [0, 0.1) is 0 Å². The SMILES string of the molecule is CC(C(=O)N1CCN(Cc2cccc(Cl)c2)CC1)n1c(=O)oc2ccccc21. The maximum Gasteiger partial charge on any atom is 0.420 e. The summed E-state index contributed by atoms with van der Waals surface area (Å²) < 4.78 is 6.71. The number of piperazine rings is 1. The van der Waals surface area contributed by atoms with Crippen LogP contribution in [0.15, 0.2) is 57.7 Å². The van der Waals surface area contributed by atoms with E-state index in [1.54, 1.807) is 25.1 Å². The Labute approximate surface area is 167 Å². The highest BCUT2D eigenvalue weighted by atomic mass is 35.5. The molecule has 1 saturated heterocycles. The maximum atomic E-state index is 13.0. The molecule has 1 aliphatic heterocycles. The first-order valence-electron chi connectivity index (χ1n) is 9.38. The standard InChI is InChI=1S/C21H22ClN3O3/c1-15(25-18-7-2-3-8-19(18)28-21(25)27)20(26)24-11-9-23(10-12-24)14-16-5-4-6-17(22)13-16/h2-8,13,15H,9-12,14H2,1H3. The third-order valence-corrected chi connectivity index (χ3v) is 5.48. The predicted molar refractivity (Wildman–Crippen MR) is 108 cm³/mol. The average molecular weight is 400 g/mol. The van der Waals surface area contributed by atoms with E-state index in [-0.39, 0.29) is 5.91 Å². The Morgan fingerprint density at radius 2 is 1.86 bits per heavy atom. The summed E-state index contributed by atoms with van der Waals surface area (Å²) in [7, 11) is 0. The molecule has 1 fully saturated rings.